The molecule has 0 spiro atoms. The topological polar surface area (TPSA) is 83.5 Å². The van der Waals surface area contributed by atoms with E-state index in [1.165, 1.54) is 0 Å². The van der Waals surface area contributed by atoms with Gasteiger partial charge in [-0.2, -0.15) is 0 Å². The predicted octanol–water partition coefficient (Wildman–Crippen LogP) is 4.61. The van der Waals surface area contributed by atoms with Crippen molar-refractivity contribution >= 4 is 17.6 Å². The maximum absolute atomic E-state index is 13.8. The second-order valence-corrected chi connectivity index (χ2v) is 9.02. The number of amides is 1. The zero-order valence-corrected chi connectivity index (χ0v) is 20.4. The van der Waals surface area contributed by atoms with Crippen molar-refractivity contribution in [1.82, 2.24) is 15.6 Å². The molecule has 0 saturated carbocycles. The highest BCUT2D eigenvalue weighted by molar-refractivity contribution is 6.25. The minimum Gasteiger partial charge on any atom is -0.456 e. The van der Waals surface area contributed by atoms with Gasteiger partial charge in [0.25, 0.3) is 5.91 Å². The first kappa shape index (κ1) is 24.4. The molecule has 0 aliphatic carbocycles. The van der Waals surface area contributed by atoms with Crippen molar-refractivity contribution in [3.63, 3.8) is 0 Å². The molecular weight excluding hydrogens is 462 g/mol. The van der Waals surface area contributed by atoms with Crippen LogP contribution in [0, 0.1) is 0 Å². The van der Waals surface area contributed by atoms with E-state index in [2.05, 4.69) is 15.6 Å². The van der Waals surface area contributed by atoms with Gasteiger partial charge in [0.05, 0.1) is 17.7 Å². The summed E-state index contributed by atoms with van der Waals surface area (Å²) in [6.45, 7) is 0.917. The lowest BCUT2D eigenvalue weighted by atomic mass is 9.98. The van der Waals surface area contributed by atoms with Crippen molar-refractivity contribution in [2.75, 3.05) is 6.54 Å². The average Bonchev–Trinajstić information content (AvgIpc) is 3.11. The van der Waals surface area contributed by atoms with E-state index in [0.717, 1.165) is 16.7 Å². The van der Waals surface area contributed by atoms with E-state index in [-0.39, 0.29) is 5.91 Å². The van der Waals surface area contributed by atoms with E-state index in [4.69, 9.17) is 4.74 Å². The Kier molecular flexibility index (Phi) is 7.69. The number of carbonyl (C=O) groups is 1. The van der Waals surface area contributed by atoms with E-state index < -0.39 is 12.1 Å². The van der Waals surface area contributed by atoms with Crippen LogP contribution in [0.2, 0.25) is 0 Å². The number of ether oxygens (including phenoxy) is 1. The lowest BCUT2D eigenvalue weighted by Crippen LogP contribution is -2.48. The van der Waals surface area contributed by atoms with Gasteiger partial charge in [-0.15, -0.1) is 0 Å². The van der Waals surface area contributed by atoms with Gasteiger partial charge in [-0.3, -0.25) is 9.78 Å². The van der Waals surface area contributed by atoms with Crippen LogP contribution in [0.4, 0.5) is 0 Å². The number of aliphatic hydroxyl groups excluding tert-OH is 1. The lowest BCUT2D eigenvalue weighted by molar-refractivity contribution is -0.117. The fourth-order valence-corrected chi connectivity index (χ4v) is 4.42. The highest BCUT2D eigenvalue weighted by atomic mass is 16.5. The summed E-state index contributed by atoms with van der Waals surface area (Å²) in [5, 5.41) is 17.6. The van der Waals surface area contributed by atoms with Crippen molar-refractivity contribution in [2.24, 2.45) is 0 Å². The summed E-state index contributed by atoms with van der Waals surface area (Å²) >= 11 is 0. The monoisotopic (exact) mass is 491 g/mol. The Hall–Kier alpha value is -4.26. The number of benzene rings is 3. The van der Waals surface area contributed by atoms with Crippen molar-refractivity contribution < 1.29 is 14.6 Å². The highest BCUT2D eigenvalue weighted by Gasteiger charge is 2.26. The maximum Gasteiger partial charge on any atom is 0.252 e. The summed E-state index contributed by atoms with van der Waals surface area (Å²) in [5.74, 6) is 1.05. The number of fused-ring (bicyclic) bond motifs is 2. The number of rotatable bonds is 9. The quantitative estimate of drug-likeness (QED) is 0.319. The van der Waals surface area contributed by atoms with Crippen molar-refractivity contribution in [3.05, 3.63) is 126 Å². The first-order chi connectivity index (χ1) is 18.2. The molecule has 0 bridgehead atoms. The summed E-state index contributed by atoms with van der Waals surface area (Å²) in [7, 11) is 0. The average molecular weight is 492 g/mol. The van der Waals surface area contributed by atoms with Crippen molar-refractivity contribution in [1.29, 1.82) is 0 Å². The molecule has 4 aromatic rings. The molecule has 3 aromatic carbocycles. The van der Waals surface area contributed by atoms with E-state index in [0.29, 0.717) is 42.1 Å². The number of nitrogens with one attached hydrogen (secondary N) is 2. The van der Waals surface area contributed by atoms with Crippen LogP contribution < -0.4 is 15.4 Å². The molecule has 0 fully saturated rings. The Bertz CT molecular complexity index is 1370. The normalized spacial score (nSPS) is 13.7. The molecule has 2 atom stereocenters. The van der Waals surface area contributed by atoms with Crippen LogP contribution in [-0.2, 0) is 17.8 Å². The predicted molar refractivity (Wildman–Crippen MR) is 145 cm³/mol. The van der Waals surface area contributed by atoms with E-state index in [1.54, 1.807) is 12.4 Å². The maximum atomic E-state index is 13.8. The van der Waals surface area contributed by atoms with Crippen LogP contribution in [0.15, 0.2) is 103 Å². The Morgan fingerprint density at radius 1 is 0.838 bits per heavy atom. The van der Waals surface area contributed by atoms with Crippen LogP contribution in [0.25, 0.3) is 11.6 Å². The number of nitrogens with zero attached hydrogens (tertiary/aromatic N) is 1. The summed E-state index contributed by atoms with van der Waals surface area (Å²) in [6.07, 6.45) is 5.02. The van der Waals surface area contributed by atoms with Crippen molar-refractivity contribution in [2.45, 2.75) is 25.1 Å². The van der Waals surface area contributed by atoms with Gasteiger partial charge in [0.15, 0.2) is 0 Å². The number of para-hydroxylation sites is 2. The molecule has 6 heteroatoms. The first-order valence-corrected chi connectivity index (χ1v) is 12.4. The van der Waals surface area contributed by atoms with Gasteiger partial charge in [0.2, 0.25) is 0 Å². The molecule has 0 saturated heterocycles. The van der Waals surface area contributed by atoms with E-state index in [1.807, 2.05) is 97.1 Å². The smallest absolute Gasteiger partial charge is 0.252 e. The summed E-state index contributed by atoms with van der Waals surface area (Å²) in [6, 6.07) is 28.4. The molecule has 3 N–H and O–H groups in total. The molecule has 1 amide bonds. The van der Waals surface area contributed by atoms with Gasteiger partial charge in [-0.05, 0) is 47.9 Å². The van der Waals surface area contributed by atoms with E-state index >= 15 is 0 Å². The van der Waals surface area contributed by atoms with Gasteiger partial charge in [-0.25, -0.2) is 0 Å². The second-order valence-electron chi connectivity index (χ2n) is 9.02. The van der Waals surface area contributed by atoms with E-state index in [9.17, 15) is 9.90 Å². The standard InChI is InChI=1S/C31H29N3O3/c35-28(21-33-20-23-14-16-32-17-15-23)27(18-22-8-2-1-3-9-22)34-31(36)26-19-24-10-4-6-12-29(24)37-30-13-7-5-11-25(26)30/h1-17,19,27-28,33,35H,18,20-21H2,(H,34,36)/t27-,28+/m0/s1. The van der Waals surface area contributed by atoms with Gasteiger partial charge < -0.3 is 20.5 Å². The number of pyridine rings is 1. The molecular formula is C31H29N3O3. The number of carbonyl (C=O) groups excluding carboxylic acids is 1. The third-order valence-corrected chi connectivity index (χ3v) is 6.37. The number of aliphatic hydroxyl groups is 1. The van der Waals surface area contributed by atoms with Crippen LogP contribution in [-0.4, -0.2) is 34.7 Å². The summed E-state index contributed by atoms with van der Waals surface area (Å²) < 4.78 is 6.13. The van der Waals surface area contributed by atoms with Crippen LogP contribution in [0.3, 0.4) is 0 Å². The largest absolute Gasteiger partial charge is 0.456 e. The zero-order valence-electron chi connectivity index (χ0n) is 20.4. The number of aromatic nitrogens is 1. The zero-order chi connectivity index (χ0) is 25.5. The highest BCUT2D eigenvalue weighted by Crippen LogP contribution is 2.37. The number of hydrogen-bond donors (Lipinski definition) is 3. The molecule has 1 aliphatic heterocycles. The third-order valence-electron chi connectivity index (χ3n) is 6.37. The molecule has 0 radical (unpaired) electrons. The Morgan fingerprint density at radius 3 is 2.35 bits per heavy atom. The Balaban J connectivity index is 1.38. The Labute approximate surface area is 216 Å². The molecule has 6 nitrogen and oxygen atoms in total. The van der Waals surface area contributed by atoms with Gasteiger partial charge in [-0.1, -0.05) is 66.7 Å². The molecule has 5 rings (SSSR count). The molecule has 37 heavy (non-hydrogen) atoms. The fourth-order valence-electron chi connectivity index (χ4n) is 4.42. The van der Waals surface area contributed by atoms with Gasteiger partial charge in [0.1, 0.15) is 11.5 Å². The molecule has 186 valence electrons. The van der Waals surface area contributed by atoms with Crippen molar-refractivity contribution in [3.8, 4) is 11.5 Å². The molecule has 2 heterocycles. The molecule has 1 aliphatic rings. The molecule has 0 unspecified atom stereocenters. The first-order valence-electron chi connectivity index (χ1n) is 12.4. The summed E-state index contributed by atoms with van der Waals surface area (Å²) in [4.78, 5) is 17.8. The lowest BCUT2D eigenvalue weighted by Gasteiger charge is -2.25. The SMILES string of the molecule is O=C(N[C@@H](Cc1ccccc1)[C@H](O)CNCc1ccncc1)C1=Cc2ccccc2Oc2ccccc21. The third kappa shape index (κ3) is 6.12. The minimum atomic E-state index is -0.809. The molecule has 1 aromatic heterocycles. The van der Waals surface area contributed by atoms with Gasteiger partial charge in [0, 0.05) is 36.6 Å². The van der Waals surface area contributed by atoms with Crippen LogP contribution >= 0.6 is 0 Å². The second kappa shape index (κ2) is 11.6. The van der Waals surface area contributed by atoms with Gasteiger partial charge >= 0.3 is 0 Å². The summed E-state index contributed by atoms with van der Waals surface area (Å²) in [5.41, 5.74) is 4.13. The minimum absolute atomic E-state index is 0.262. The van der Waals surface area contributed by atoms with Crippen LogP contribution in [0.1, 0.15) is 22.3 Å². The Morgan fingerprint density at radius 2 is 1.54 bits per heavy atom. The fraction of sp³-hybridized carbons (Fsp3) is 0.161. The number of hydrogen-bond acceptors (Lipinski definition) is 5. The van der Waals surface area contributed by atoms with Crippen LogP contribution in [0.5, 0.6) is 11.5 Å².